The smallest absolute Gasteiger partial charge is 0.187 e. The van der Waals surface area contributed by atoms with E-state index >= 15 is 0 Å². The second kappa shape index (κ2) is 9.22. The molecular weight excluding hydrogens is 420 g/mol. The third kappa shape index (κ3) is 5.69. The van der Waals surface area contributed by atoms with Gasteiger partial charge in [-0.1, -0.05) is 41.0 Å². The van der Waals surface area contributed by atoms with Gasteiger partial charge in [-0.05, 0) is 60.8 Å². The second-order valence-electron chi connectivity index (χ2n) is 11.1. The summed E-state index contributed by atoms with van der Waals surface area (Å²) in [6, 6.07) is 0. The van der Waals surface area contributed by atoms with Gasteiger partial charge in [0.1, 0.15) is 11.0 Å². The van der Waals surface area contributed by atoms with Crippen LogP contribution < -0.4 is 0 Å². The van der Waals surface area contributed by atoms with E-state index in [9.17, 15) is 22.6 Å². The quantitative estimate of drug-likeness (QED) is 0.455. The van der Waals surface area contributed by atoms with Crippen molar-refractivity contribution in [2.45, 2.75) is 91.2 Å². The van der Waals surface area contributed by atoms with Gasteiger partial charge in [0.05, 0.1) is 22.1 Å². The minimum absolute atomic E-state index is 0.0248. The van der Waals surface area contributed by atoms with Crippen molar-refractivity contribution in [2.75, 3.05) is 17.8 Å². The molecule has 0 amide bonds. The van der Waals surface area contributed by atoms with Crippen LogP contribution in [0, 0.1) is 22.2 Å². The lowest BCUT2D eigenvalue weighted by Crippen LogP contribution is -2.42. The van der Waals surface area contributed by atoms with E-state index in [4.69, 9.17) is 0 Å². The molecule has 174 valence electrons. The Kier molecular flexibility index (Phi) is 7.95. The van der Waals surface area contributed by atoms with Crippen LogP contribution in [0.4, 0.5) is 0 Å². The number of hydrogen-bond acceptors (Lipinski definition) is 5. The number of rotatable bonds is 5. The number of fused-ring (bicyclic) bond motifs is 2. The summed E-state index contributed by atoms with van der Waals surface area (Å²) >= 11 is 0. The molecule has 3 unspecified atom stereocenters. The Labute approximate surface area is 186 Å². The van der Waals surface area contributed by atoms with Crippen LogP contribution in [0.3, 0.4) is 0 Å². The Morgan fingerprint density at radius 1 is 1.13 bits per heavy atom. The van der Waals surface area contributed by atoms with Crippen LogP contribution in [0.1, 0.15) is 86.0 Å². The van der Waals surface area contributed by atoms with Crippen molar-refractivity contribution in [3.63, 3.8) is 0 Å². The summed E-state index contributed by atoms with van der Waals surface area (Å²) in [6.45, 7) is 9.94. The van der Waals surface area contributed by atoms with Crippen molar-refractivity contribution in [1.29, 1.82) is 0 Å². The predicted molar refractivity (Wildman–Crippen MR) is 123 cm³/mol. The molecule has 7 heteroatoms. The predicted octanol–water partition coefficient (Wildman–Crippen LogP) is 4.11. The topological polar surface area (TPSA) is 91.3 Å². The fourth-order valence-electron chi connectivity index (χ4n) is 5.42. The zero-order valence-electron chi connectivity index (χ0n) is 19.6. The number of carbonyl (C=O) groups excluding carboxylic acids is 2. The number of carbonyl (C=O) groups is 2. The molecule has 3 aliphatic rings. The molecule has 0 N–H and O–H groups in total. The number of Topliss-reactive ketones (excluding diaryl/α,β-unsaturated/α-hetero) is 2. The third-order valence-corrected chi connectivity index (χ3v) is 11.1. The van der Waals surface area contributed by atoms with Crippen LogP contribution >= 0.6 is 0 Å². The maximum atomic E-state index is 11.9. The average Bonchev–Trinajstić information content (AvgIpc) is 2.95. The van der Waals surface area contributed by atoms with Gasteiger partial charge in [-0.25, -0.2) is 8.42 Å². The highest BCUT2D eigenvalue weighted by Gasteiger charge is 2.64. The van der Waals surface area contributed by atoms with Gasteiger partial charge in [0.2, 0.25) is 0 Å². The largest absolute Gasteiger partial charge is 0.748 e. The lowest BCUT2D eigenvalue weighted by Gasteiger charge is -2.37. The molecular formula is C23H40O5S2. The van der Waals surface area contributed by atoms with E-state index in [-0.39, 0.29) is 22.5 Å². The first kappa shape index (κ1) is 25.9. The van der Waals surface area contributed by atoms with E-state index in [1.54, 1.807) is 0 Å². The van der Waals surface area contributed by atoms with Crippen LogP contribution in [-0.4, -0.2) is 47.5 Å². The molecule has 3 rings (SSSR count). The lowest BCUT2D eigenvalue weighted by molar-refractivity contribution is -0.128. The Morgan fingerprint density at radius 3 is 2.10 bits per heavy atom. The Balaban J connectivity index is 0.000000214. The zero-order chi connectivity index (χ0) is 23.0. The second-order valence-corrected chi connectivity index (χ2v) is 14.9. The van der Waals surface area contributed by atoms with Gasteiger partial charge < -0.3 is 4.55 Å². The SMILES string of the molecule is CC1(C)C2CCC1(CS(=O)(=O)[O-])C(=O)C2.C[S+](CC(=O)C(C)(C)C)C1CCCCC1. The van der Waals surface area contributed by atoms with Crippen molar-refractivity contribution in [1.82, 2.24) is 0 Å². The molecule has 0 aliphatic heterocycles. The van der Waals surface area contributed by atoms with Crippen LogP contribution in [0.5, 0.6) is 0 Å². The standard InChI is InChI=1S/C13H25OS.C10H16O4S/c1-13(2,3)12(14)10-15(4)11-8-6-5-7-9-11;1-9(2)7-3-4-10(9,8(11)5-7)6-15(12,13)14/h11H,5-10H2,1-4H3;7H,3-6H2,1-2H3,(H,12,13,14)/q+1;/p-1. The third-order valence-electron chi connectivity index (χ3n) is 7.88. The summed E-state index contributed by atoms with van der Waals surface area (Å²) in [4.78, 5) is 23.8. The average molecular weight is 461 g/mol. The number of ketones is 2. The molecule has 3 atom stereocenters. The van der Waals surface area contributed by atoms with Crippen LogP contribution in [0.25, 0.3) is 0 Å². The first-order valence-electron chi connectivity index (χ1n) is 11.2. The zero-order valence-corrected chi connectivity index (χ0v) is 21.2. The Hall–Kier alpha value is -0.400. The molecule has 0 radical (unpaired) electrons. The van der Waals surface area contributed by atoms with Gasteiger partial charge in [-0.3, -0.25) is 9.59 Å². The van der Waals surface area contributed by atoms with Gasteiger partial charge >= 0.3 is 0 Å². The molecule has 3 saturated carbocycles. The van der Waals surface area contributed by atoms with Crippen molar-refractivity contribution in [2.24, 2.45) is 22.2 Å². The molecule has 0 heterocycles. The first-order chi connectivity index (χ1) is 13.6. The lowest BCUT2D eigenvalue weighted by atomic mass is 9.70. The summed E-state index contributed by atoms with van der Waals surface area (Å²) in [5.74, 6) is 0.977. The molecule has 0 aromatic carbocycles. The molecule has 30 heavy (non-hydrogen) atoms. The Bertz CT molecular complexity index is 744. The van der Waals surface area contributed by atoms with Gasteiger partial charge in [0.25, 0.3) is 0 Å². The minimum Gasteiger partial charge on any atom is -0.748 e. The highest BCUT2D eigenvalue weighted by molar-refractivity contribution is 7.97. The van der Waals surface area contributed by atoms with Crippen molar-refractivity contribution in [3.8, 4) is 0 Å². The van der Waals surface area contributed by atoms with Gasteiger partial charge in [-0.2, -0.15) is 0 Å². The fourth-order valence-corrected chi connectivity index (χ4v) is 8.92. The summed E-state index contributed by atoms with van der Waals surface area (Å²) < 4.78 is 32.7. The minimum atomic E-state index is -4.33. The molecule has 3 fully saturated rings. The molecule has 3 aliphatic carbocycles. The normalized spacial score (nSPS) is 30.0. The summed E-state index contributed by atoms with van der Waals surface area (Å²) in [7, 11) is -4.01. The van der Waals surface area contributed by atoms with Crippen molar-refractivity contribution in [3.05, 3.63) is 0 Å². The summed E-state index contributed by atoms with van der Waals surface area (Å²) in [5, 5.41) is 0.838. The van der Waals surface area contributed by atoms with Gasteiger partial charge in [-0.15, -0.1) is 0 Å². The van der Waals surface area contributed by atoms with E-state index in [1.807, 2.05) is 34.6 Å². The van der Waals surface area contributed by atoms with Crippen LogP contribution in [0.15, 0.2) is 0 Å². The van der Waals surface area contributed by atoms with Crippen LogP contribution in [0.2, 0.25) is 0 Å². The summed E-state index contributed by atoms with van der Waals surface area (Å²) in [6.07, 6.45) is 11.0. The van der Waals surface area contributed by atoms with Gasteiger partial charge in [0, 0.05) is 17.3 Å². The highest BCUT2D eigenvalue weighted by atomic mass is 32.2. The van der Waals surface area contributed by atoms with Crippen molar-refractivity contribution >= 4 is 32.6 Å². The first-order valence-corrected chi connectivity index (χ1v) is 14.7. The molecule has 0 aromatic heterocycles. The Morgan fingerprint density at radius 2 is 1.70 bits per heavy atom. The van der Waals surface area contributed by atoms with E-state index < -0.39 is 21.3 Å². The maximum Gasteiger partial charge on any atom is 0.187 e. The fraction of sp³-hybridized carbons (Fsp3) is 0.913. The summed E-state index contributed by atoms with van der Waals surface area (Å²) in [5.41, 5.74) is -1.37. The molecule has 0 spiro atoms. The van der Waals surface area contributed by atoms with E-state index in [1.165, 1.54) is 32.1 Å². The highest BCUT2D eigenvalue weighted by Crippen LogP contribution is 2.64. The van der Waals surface area contributed by atoms with Gasteiger partial charge in [0.15, 0.2) is 11.5 Å². The molecule has 5 nitrogen and oxygen atoms in total. The molecule has 0 saturated heterocycles. The van der Waals surface area contributed by atoms with E-state index in [0.29, 0.717) is 29.5 Å². The van der Waals surface area contributed by atoms with E-state index in [2.05, 4.69) is 6.26 Å². The maximum absolute atomic E-state index is 11.9. The van der Waals surface area contributed by atoms with Crippen molar-refractivity contribution < 1.29 is 22.6 Å². The molecule has 0 aromatic rings. The van der Waals surface area contributed by atoms with E-state index in [0.717, 1.165) is 17.4 Å². The number of hydrogen-bond donors (Lipinski definition) is 0. The van der Waals surface area contributed by atoms with Crippen LogP contribution in [-0.2, 0) is 30.6 Å². The monoisotopic (exact) mass is 460 g/mol. The molecule has 2 bridgehead atoms.